The van der Waals surface area contributed by atoms with Crippen molar-refractivity contribution in [3.05, 3.63) is 101 Å². The highest BCUT2D eigenvalue weighted by Crippen LogP contribution is 2.38. The summed E-state index contributed by atoms with van der Waals surface area (Å²) in [4.78, 5) is 29.5. The number of ether oxygens (including phenoxy) is 1. The molecule has 0 aromatic heterocycles. The van der Waals surface area contributed by atoms with Crippen molar-refractivity contribution in [2.45, 2.75) is 18.3 Å². The van der Waals surface area contributed by atoms with Gasteiger partial charge >= 0.3 is 0 Å². The Hall–Kier alpha value is -3.29. The molecule has 186 valence electrons. The summed E-state index contributed by atoms with van der Waals surface area (Å²) in [7, 11) is 0. The number of amides is 2. The number of benzene rings is 3. The van der Waals surface area contributed by atoms with Crippen LogP contribution in [-0.2, 0) is 22.5 Å². The minimum absolute atomic E-state index is 0.0108. The van der Waals surface area contributed by atoms with Gasteiger partial charge in [-0.3, -0.25) is 9.59 Å². The first-order chi connectivity index (χ1) is 17.7. The molecular formula is C29H31N3O3S. The number of nitrogens with zero attached hydrogens (tertiary/aromatic N) is 2. The van der Waals surface area contributed by atoms with E-state index in [0.29, 0.717) is 24.4 Å². The van der Waals surface area contributed by atoms with Crippen molar-refractivity contribution < 1.29 is 14.3 Å². The van der Waals surface area contributed by atoms with E-state index < -0.39 is 0 Å². The summed E-state index contributed by atoms with van der Waals surface area (Å²) in [6.07, 6.45) is 0.831. The van der Waals surface area contributed by atoms with E-state index in [-0.39, 0.29) is 17.2 Å². The van der Waals surface area contributed by atoms with E-state index in [4.69, 9.17) is 4.74 Å². The first-order valence-electron chi connectivity index (χ1n) is 12.4. The van der Waals surface area contributed by atoms with Crippen molar-refractivity contribution in [2.75, 3.05) is 43.5 Å². The molecule has 2 fully saturated rings. The molecule has 6 nitrogen and oxygen atoms in total. The third-order valence-electron chi connectivity index (χ3n) is 6.68. The van der Waals surface area contributed by atoms with E-state index in [0.717, 1.165) is 43.9 Å². The fourth-order valence-electron chi connectivity index (χ4n) is 4.60. The zero-order valence-corrected chi connectivity index (χ0v) is 21.1. The first kappa shape index (κ1) is 24.4. The number of rotatable bonds is 8. The average Bonchev–Trinajstić information content (AvgIpc) is 3.32. The van der Waals surface area contributed by atoms with E-state index in [2.05, 4.69) is 46.6 Å². The van der Waals surface area contributed by atoms with Gasteiger partial charge in [-0.2, -0.15) is 0 Å². The topological polar surface area (TPSA) is 61.9 Å². The maximum Gasteiger partial charge on any atom is 0.251 e. The van der Waals surface area contributed by atoms with Crippen molar-refractivity contribution in [2.24, 2.45) is 0 Å². The van der Waals surface area contributed by atoms with Gasteiger partial charge in [0.25, 0.3) is 5.91 Å². The van der Waals surface area contributed by atoms with E-state index in [1.165, 1.54) is 11.3 Å². The van der Waals surface area contributed by atoms with Crippen molar-refractivity contribution in [1.82, 2.24) is 10.2 Å². The highest BCUT2D eigenvalue weighted by Gasteiger charge is 2.32. The lowest BCUT2D eigenvalue weighted by Crippen LogP contribution is -2.36. The molecule has 2 heterocycles. The molecule has 0 bridgehead atoms. The highest BCUT2D eigenvalue weighted by atomic mass is 32.2. The number of hydrogen-bond acceptors (Lipinski definition) is 5. The molecule has 7 heteroatoms. The fourth-order valence-corrected chi connectivity index (χ4v) is 5.81. The summed E-state index contributed by atoms with van der Waals surface area (Å²) < 4.78 is 5.42. The van der Waals surface area contributed by atoms with Gasteiger partial charge in [0.15, 0.2) is 0 Å². The van der Waals surface area contributed by atoms with Gasteiger partial charge in [0.05, 0.1) is 19.0 Å². The predicted octanol–water partition coefficient (Wildman–Crippen LogP) is 4.27. The summed E-state index contributed by atoms with van der Waals surface area (Å²) in [5.74, 6) is 0.559. The Morgan fingerprint density at radius 3 is 2.36 bits per heavy atom. The van der Waals surface area contributed by atoms with E-state index in [9.17, 15) is 9.59 Å². The zero-order valence-electron chi connectivity index (χ0n) is 20.3. The molecular weight excluding hydrogens is 470 g/mol. The van der Waals surface area contributed by atoms with Crippen LogP contribution in [0.2, 0.25) is 0 Å². The standard InChI is InChI=1S/C29H31N3O3S/c33-27-21-36-29(32(27)15-14-22-4-2-1-3-5-22)25-10-8-24(9-11-25)28(34)30-20-23-6-12-26(13-7-23)31-16-18-35-19-17-31/h1-13,29H,14-21H2,(H,30,34). The lowest BCUT2D eigenvalue weighted by Gasteiger charge is -2.28. The zero-order chi connectivity index (χ0) is 24.7. The fraction of sp³-hybridized carbons (Fsp3) is 0.310. The van der Waals surface area contributed by atoms with Crippen molar-refractivity contribution >= 4 is 29.3 Å². The molecule has 2 aliphatic heterocycles. The molecule has 36 heavy (non-hydrogen) atoms. The maximum absolute atomic E-state index is 12.7. The SMILES string of the molecule is O=C(NCc1ccc(N2CCOCC2)cc1)c1ccc(C2SCC(=O)N2CCc2ccccc2)cc1. The Morgan fingerprint density at radius 1 is 0.917 bits per heavy atom. The van der Waals surface area contributed by atoms with Crippen LogP contribution in [0.15, 0.2) is 78.9 Å². The molecule has 1 atom stereocenters. The molecule has 0 radical (unpaired) electrons. The number of anilines is 1. The van der Waals surface area contributed by atoms with Crippen LogP contribution < -0.4 is 10.2 Å². The summed E-state index contributed by atoms with van der Waals surface area (Å²) >= 11 is 1.65. The van der Waals surface area contributed by atoms with Gasteiger partial charge in [-0.1, -0.05) is 54.6 Å². The Morgan fingerprint density at radius 2 is 1.64 bits per heavy atom. The molecule has 2 amide bonds. The van der Waals surface area contributed by atoms with Gasteiger partial charge in [0.2, 0.25) is 5.91 Å². The van der Waals surface area contributed by atoms with Gasteiger partial charge in [0, 0.05) is 37.4 Å². The largest absolute Gasteiger partial charge is 0.378 e. The first-order valence-corrected chi connectivity index (χ1v) is 13.5. The lowest BCUT2D eigenvalue weighted by molar-refractivity contribution is -0.128. The molecule has 0 spiro atoms. The number of nitrogens with one attached hydrogen (secondary N) is 1. The second-order valence-corrected chi connectivity index (χ2v) is 10.1. The number of hydrogen-bond donors (Lipinski definition) is 1. The van der Waals surface area contributed by atoms with Gasteiger partial charge in [-0.05, 0) is 47.4 Å². The van der Waals surface area contributed by atoms with Gasteiger partial charge in [-0.25, -0.2) is 0 Å². The maximum atomic E-state index is 12.7. The number of carbonyl (C=O) groups is 2. The quantitative estimate of drug-likeness (QED) is 0.500. The molecule has 2 aliphatic rings. The van der Waals surface area contributed by atoms with E-state index in [1.54, 1.807) is 11.8 Å². The minimum atomic E-state index is -0.102. The molecule has 2 saturated heterocycles. The highest BCUT2D eigenvalue weighted by molar-refractivity contribution is 8.00. The van der Waals surface area contributed by atoms with Crippen molar-refractivity contribution in [1.29, 1.82) is 0 Å². The van der Waals surface area contributed by atoms with Crippen LogP contribution in [0.1, 0.15) is 32.4 Å². The molecule has 1 unspecified atom stereocenters. The molecule has 3 aromatic rings. The van der Waals surface area contributed by atoms with Crippen LogP contribution >= 0.6 is 11.8 Å². The Labute approximate surface area is 216 Å². The molecule has 3 aromatic carbocycles. The average molecular weight is 502 g/mol. The lowest BCUT2D eigenvalue weighted by atomic mass is 10.1. The number of carbonyl (C=O) groups excluding carboxylic acids is 2. The van der Waals surface area contributed by atoms with Crippen LogP contribution in [0.25, 0.3) is 0 Å². The second kappa shape index (κ2) is 11.6. The smallest absolute Gasteiger partial charge is 0.251 e. The molecule has 5 rings (SSSR count). The summed E-state index contributed by atoms with van der Waals surface area (Å²) in [6, 6.07) is 26.2. The number of thioether (sulfide) groups is 1. The summed E-state index contributed by atoms with van der Waals surface area (Å²) in [5, 5.41) is 3.00. The Bertz CT molecular complexity index is 1160. The van der Waals surface area contributed by atoms with Crippen LogP contribution in [-0.4, -0.2) is 55.3 Å². The van der Waals surface area contributed by atoms with Gasteiger partial charge < -0.3 is 19.9 Å². The molecule has 0 saturated carbocycles. The monoisotopic (exact) mass is 501 g/mol. The van der Waals surface area contributed by atoms with Crippen LogP contribution in [0, 0.1) is 0 Å². The Kier molecular flexibility index (Phi) is 7.88. The van der Waals surface area contributed by atoms with Gasteiger partial charge in [-0.15, -0.1) is 11.8 Å². The van der Waals surface area contributed by atoms with Crippen LogP contribution in [0.5, 0.6) is 0 Å². The van der Waals surface area contributed by atoms with Gasteiger partial charge in [0.1, 0.15) is 5.37 Å². The molecule has 0 aliphatic carbocycles. The number of morpholine rings is 1. The van der Waals surface area contributed by atoms with E-state index in [1.807, 2.05) is 47.4 Å². The summed E-state index contributed by atoms with van der Waals surface area (Å²) in [6.45, 7) is 4.50. The predicted molar refractivity (Wildman–Crippen MR) is 144 cm³/mol. The molecule has 1 N–H and O–H groups in total. The minimum Gasteiger partial charge on any atom is -0.378 e. The second-order valence-electron chi connectivity index (χ2n) is 9.06. The van der Waals surface area contributed by atoms with Crippen LogP contribution in [0.4, 0.5) is 5.69 Å². The van der Waals surface area contributed by atoms with Crippen molar-refractivity contribution in [3.63, 3.8) is 0 Å². The normalized spacial score (nSPS) is 17.9. The third kappa shape index (κ3) is 5.91. The van der Waals surface area contributed by atoms with Crippen molar-refractivity contribution in [3.8, 4) is 0 Å². The summed E-state index contributed by atoms with van der Waals surface area (Å²) in [5.41, 5.74) is 5.14. The Balaban J connectivity index is 1.15. The van der Waals surface area contributed by atoms with Crippen LogP contribution in [0.3, 0.4) is 0 Å². The van der Waals surface area contributed by atoms with E-state index >= 15 is 0 Å². The third-order valence-corrected chi connectivity index (χ3v) is 7.93.